The number of nitrogens with zero attached hydrogens (tertiary/aromatic N) is 2. The van der Waals surface area contributed by atoms with Gasteiger partial charge in [-0.3, -0.25) is 9.59 Å². The van der Waals surface area contributed by atoms with Gasteiger partial charge >= 0.3 is 0 Å². The molecule has 132 valence electrons. The standard InChI is InChI=1S/C18H26N2O3S/c1-13-5-6-15(24-13)12-19(2)17(21)14-7-9-20(10-8-14)18(22)16-4-3-11-23-16/h5-6,14,16H,3-4,7-12H2,1-2H3. The lowest BCUT2D eigenvalue weighted by Gasteiger charge is -2.34. The summed E-state index contributed by atoms with van der Waals surface area (Å²) in [4.78, 5) is 31.2. The fourth-order valence-electron chi connectivity index (χ4n) is 3.52. The fraction of sp³-hybridized carbons (Fsp3) is 0.667. The Morgan fingerprint density at radius 3 is 2.62 bits per heavy atom. The summed E-state index contributed by atoms with van der Waals surface area (Å²) < 4.78 is 5.48. The van der Waals surface area contributed by atoms with Crippen LogP contribution in [0.3, 0.4) is 0 Å². The van der Waals surface area contributed by atoms with Gasteiger partial charge in [0.15, 0.2) is 0 Å². The molecule has 0 spiro atoms. The highest BCUT2D eigenvalue weighted by Crippen LogP contribution is 2.24. The van der Waals surface area contributed by atoms with Crippen LogP contribution in [0.25, 0.3) is 0 Å². The predicted molar refractivity (Wildman–Crippen MR) is 93.8 cm³/mol. The molecule has 2 saturated heterocycles. The van der Waals surface area contributed by atoms with Crippen molar-refractivity contribution in [1.82, 2.24) is 9.80 Å². The minimum Gasteiger partial charge on any atom is -0.368 e. The molecule has 0 bridgehead atoms. The summed E-state index contributed by atoms with van der Waals surface area (Å²) >= 11 is 1.74. The smallest absolute Gasteiger partial charge is 0.251 e. The number of piperidine rings is 1. The van der Waals surface area contributed by atoms with Crippen LogP contribution in [-0.4, -0.2) is 54.5 Å². The summed E-state index contributed by atoms with van der Waals surface area (Å²) in [6.45, 7) is 4.78. The highest BCUT2D eigenvalue weighted by atomic mass is 32.1. The van der Waals surface area contributed by atoms with E-state index in [9.17, 15) is 9.59 Å². The number of likely N-dealkylation sites (tertiary alicyclic amines) is 1. The topological polar surface area (TPSA) is 49.9 Å². The number of hydrogen-bond acceptors (Lipinski definition) is 4. The molecule has 1 aromatic rings. The molecule has 6 heteroatoms. The highest BCUT2D eigenvalue weighted by molar-refractivity contribution is 7.11. The number of thiophene rings is 1. The zero-order chi connectivity index (χ0) is 17.1. The van der Waals surface area contributed by atoms with Gasteiger partial charge in [-0.25, -0.2) is 0 Å². The number of aryl methyl sites for hydroxylation is 1. The zero-order valence-corrected chi connectivity index (χ0v) is 15.3. The van der Waals surface area contributed by atoms with E-state index in [1.807, 2.05) is 16.8 Å². The van der Waals surface area contributed by atoms with Crippen molar-refractivity contribution in [2.75, 3.05) is 26.7 Å². The SMILES string of the molecule is Cc1ccc(CN(C)C(=O)C2CCN(C(=O)C3CCCO3)CC2)s1. The van der Waals surface area contributed by atoms with E-state index in [1.165, 1.54) is 9.75 Å². The predicted octanol–water partition coefficient (Wildman–Crippen LogP) is 2.43. The van der Waals surface area contributed by atoms with Crippen molar-refractivity contribution in [3.63, 3.8) is 0 Å². The summed E-state index contributed by atoms with van der Waals surface area (Å²) in [5.74, 6) is 0.343. The van der Waals surface area contributed by atoms with Crippen LogP contribution in [0.15, 0.2) is 12.1 Å². The molecule has 0 aliphatic carbocycles. The molecule has 3 heterocycles. The first-order valence-electron chi connectivity index (χ1n) is 8.75. The van der Waals surface area contributed by atoms with Crippen molar-refractivity contribution in [2.45, 2.75) is 45.3 Å². The number of carbonyl (C=O) groups excluding carboxylic acids is 2. The van der Waals surface area contributed by atoms with E-state index < -0.39 is 0 Å². The van der Waals surface area contributed by atoms with Crippen molar-refractivity contribution >= 4 is 23.2 Å². The van der Waals surface area contributed by atoms with Gasteiger partial charge in [0.1, 0.15) is 6.10 Å². The molecular formula is C18H26N2O3S. The highest BCUT2D eigenvalue weighted by Gasteiger charge is 2.33. The van der Waals surface area contributed by atoms with Crippen molar-refractivity contribution in [3.8, 4) is 0 Å². The first-order chi connectivity index (χ1) is 11.5. The largest absolute Gasteiger partial charge is 0.368 e. The van der Waals surface area contributed by atoms with Gasteiger partial charge in [-0.05, 0) is 44.7 Å². The van der Waals surface area contributed by atoms with Gasteiger partial charge in [-0.15, -0.1) is 11.3 Å². The molecule has 3 rings (SSSR count). The lowest BCUT2D eigenvalue weighted by molar-refractivity contribution is -0.145. The Labute approximate surface area is 147 Å². The molecule has 2 amide bonds. The number of ether oxygens (including phenoxy) is 1. The molecule has 0 N–H and O–H groups in total. The minimum absolute atomic E-state index is 0.0320. The third-order valence-electron chi connectivity index (χ3n) is 4.93. The van der Waals surface area contributed by atoms with Crippen LogP contribution in [0.5, 0.6) is 0 Å². The summed E-state index contributed by atoms with van der Waals surface area (Å²) in [7, 11) is 1.88. The molecule has 5 nitrogen and oxygen atoms in total. The Kier molecular flexibility index (Phi) is 5.56. The average Bonchev–Trinajstić information content (AvgIpc) is 3.25. The third-order valence-corrected chi connectivity index (χ3v) is 5.91. The van der Waals surface area contributed by atoms with Gasteiger partial charge in [0.05, 0.1) is 6.54 Å². The maximum atomic E-state index is 12.6. The van der Waals surface area contributed by atoms with Crippen LogP contribution in [0.1, 0.15) is 35.4 Å². The van der Waals surface area contributed by atoms with Gasteiger partial charge in [-0.1, -0.05) is 0 Å². The summed E-state index contributed by atoms with van der Waals surface area (Å²) in [5, 5.41) is 0. The Morgan fingerprint density at radius 1 is 1.29 bits per heavy atom. The van der Waals surface area contributed by atoms with Gasteiger partial charge in [0, 0.05) is 42.4 Å². The normalized spacial score (nSPS) is 21.9. The zero-order valence-electron chi connectivity index (χ0n) is 14.5. The molecule has 1 atom stereocenters. The number of rotatable bonds is 4. The number of carbonyl (C=O) groups is 2. The summed E-state index contributed by atoms with van der Waals surface area (Å²) in [6, 6.07) is 4.18. The second-order valence-corrected chi connectivity index (χ2v) is 8.18. The van der Waals surface area contributed by atoms with E-state index in [0.29, 0.717) is 26.2 Å². The van der Waals surface area contributed by atoms with Crippen LogP contribution < -0.4 is 0 Å². The molecule has 2 aliphatic heterocycles. The average molecular weight is 350 g/mol. The Balaban J connectivity index is 1.48. The van der Waals surface area contributed by atoms with Gasteiger partial charge in [0.2, 0.25) is 5.91 Å². The van der Waals surface area contributed by atoms with E-state index >= 15 is 0 Å². The van der Waals surface area contributed by atoms with Crippen molar-refractivity contribution < 1.29 is 14.3 Å². The Hall–Kier alpha value is -1.40. The van der Waals surface area contributed by atoms with Crippen LogP contribution >= 0.6 is 11.3 Å². The summed E-state index contributed by atoms with van der Waals surface area (Å²) in [5.41, 5.74) is 0. The molecular weight excluding hydrogens is 324 g/mol. The third kappa shape index (κ3) is 3.98. The summed E-state index contributed by atoms with van der Waals surface area (Å²) in [6.07, 6.45) is 3.07. The van der Waals surface area contributed by atoms with E-state index in [0.717, 1.165) is 25.7 Å². The minimum atomic E-state index is -0.248. The fourth-order valence-corrected chi connectivity index (χ4v) is 4.46. The first-order valence-corrected chi connectivity index (χ1v) is 9.57. The van der Waals surface area contributed by atoms with Gasteiger partial charge < -0.3 is 14.5 Å². The molecule has 1 aromatic heterocycles. The van der Waals surface area contributed by atoms with Crippen molar-refractivity contribution in [2.24, 2.45) is 5.92 Å². The lowest BCUT2D eigenvalue weighted by atomic mass is 9.95. The van der Waals surface area contributed by atoms with E-state index in [1.54, 1.807) is 11.3 Å². The Bertz CT molecular complexity index is 587. The van der Waals surface area contributed by atoms with Gasteiger partial charge in [0.25, 0.3) is 5.91 Å². The van der Waals surface area contributed by atoms with Gasteiger partial charge in [-0.2, -0.15) is 0 Å². The van der Waals surface area contributed by atoms with Crippen molar-refractivity contribution in [1.29, 1.82) is 0 Å². The first kappa shape index (κ1) is 17.4. The van der Waals surface area contributed by atoms with Crippen LogP contribution in [0.2, 0.25) is 0 Å². The molecule has 1 unspecified atom stereocenters. The van der Waals surface area contributed by atoms with Crippen LogP contribution in [-0.2, 0) is 20.9 Å². The lowest BCUT2D eigenvalue weighted by Crippen LogP contribution is -2.46. The second-order valence-electron chi connectivity index (χ2n) is 6.81. The monoisotopic (exact) mass is 350 g/mol. The Morgan fingerprint density at radius 2 is 2.04 bits per heavy atom. The second kappa shape index (κ2) is 7.66. The maximum Gasteiger partial charge on any atom is 0.251 e. The molecule has 2 aliphatic rings. The quantitative estimate of drug-likeness (QED) is 0.838. The molecule has 24 heavy (non-hydrogen) atoms. The maximum absolute atomic E-state index is 12.6. The van der Waals surface area contributed by atoms with Crippen molar-refractivity contribution in [3.05, 3.63) is 21.9 Å². The van der Waals surface area contributed by atoms with Crippen LogP contribution in [0.4, 0.5) is 0 Å². The van der Waals surface area contributed by atoms with Crippen LogP contribution in [0, 0.1) is 12.8 Å². The van der Waals surface area contributed by atoms with E-state index in [-0.39, 0.29) is 23.8 Å². The molecule has 2 fully saturated rings. The molecule has 0 aromatic carbocycles. The van der Waals surface area contributed by atoms with E-state index in [4.69, 9.17) is 4.74 Å². The molecule has 0 saturated carbocycles. The van der Waals surface area contributed by atoms with E-state index in [2.05, 4.69) is 19.1 Å². The molecule has 0 radical (unpaired) electrons. The number of hydrogen-bond donors (Lipinski definition) is 0. The number of amides is 2.